The van der Waals surface area contributed by atoms with Crippen molar-refractivity contribution in [2.45, 2.75) is 32.2 Å². The fraction of sp³-hybridized carbons (Fsp3) is 0.476. The van der Waals surface area contributed by atoms with Crippen molar-refractivity contribution in [3.05, 3.63) is 28.8 Å². The fourth-order valence-electron chi connectivity index (χ4n) is 3.84. The minimum absolute atomic E-state index is 0.0712. The van der Waals surface area contributed by atoms with Crippen molar-refractivity contribution in [2.24, 2.45) is 5.92 Å². The lowest BCUT2D eigenvalue weighted by Gasteiger charge is -2.25. The summed E-state index contributed by atoms with van der Waals surface area (Å²) >= 11 is 1.52. The van der Waals surface area contributed by atoms with E-state index in [2.05, 4.69) is 20.5 Å². The summed E-state index contributed by atoms with van der Waals surface area (Å²) in [6, 6.07) is 5.43. The maximum atomic E-state index is 12.5. The smallest absolute Gasteiger partial charge is 0.238 e. The van der Waals surface area contributed by atoms with Gasteiger partial charge in [-0.05, 0) is 25.0 Å². The number of ether oxygens (including phenoxy) is 2. The van der Waals surface area contributed by atoms with E-state index >= 15 is 0 Å². The van der Waals surface area contributed by atoms with Crippen molar-refractivity contribution >= 4 is 34.0 Å². The third-order valence-corrected chi connectivity index (χ3v) is 6.71. The standard InChI is InChI=1S/C21H24N4O4S/c26-19(22-14-4-5-16-17(10-14)29-9-8-28-16)12-25-7-6-15-18(11-25)30-21(23-15)24-20(27)13-2-1-3-13/h4-5,10,13H,1-3,6-9,11-12H2,(H,22,26)(H,23,24,27). The Labute approximate surface area is 178 Å². The number of carbonyl (C=O) groups excluding carboxylic acids is 2. The van der Waals surface area contributed by atoms with Gasteiger partial charge in [0.15, 0.2) is 16.6 Å². The minimum Gasteiger partial charge on any atom is -0.486 e. The van der Waals surface area contributed by atoms with Gasteiger partial charge in [0.25, 0.3) is 0 Å². The molecule has 2 N–H and O–H groups in total. The SMILES string of the molecule is O=C(CN1CCc2nc(NC(=O)C3CCC3)sc2C1)Nc1ccc2c(c1)OCCO2. The predicted molar refractivity (Wildman–Crippen MR) is 113 cm³/mol. The van der Waals surface area contributed by atoms with Crippen molar-refractivity contribution in [3.63, 3.8) is 0 Å². The van der Waals surface area contributed by atoms with E-state index in [4.69, 9.17) is 9.47 Å². The van der Waals surface area contributed by atoms with Crippen LogP contribution in [-0.2, 0) is 22.6 Å². The molecular formula is C21H24N4O4S. The monoisotopic (exact) mass is 428 g/mol. The van der Waals surface area contributed by atoms with Gasteiger partial charge in [-0.25, -0.2) is 4.98 Å². The zero-order valence-electron chi connectivity index (χ0n) is 16.6. The van der Waals surface area contributed by atoms with Crippen LogP contribution in [0.2, 0.25) is 0 Å². The average Bonchev–Trinajstić information content (AvgIpc) is 3.07. The van der Waals surface area contributed by atoms with Gasteiger partial charge in [0.05, 0.1) is 12.2 Å². The van der Waals surface area contributed by atoms with E-state index in [1.165, 1.54) is 11.3 Å². The molecule has 2 amide bonds. The molecule has 2 aromatic rings. The van der Waals surface area contributed by atoms with E-state index in [1.807, 2.05) is 12.1 Å². The molecule has 1 fully saturated rings. The molecule has 30 heavy (non-hydrogen) atoms. The number of hydrogen-bond donors (Lipinski definition) is 2. The molecule has 5 rings (SSSR count). The summed E-state index contributed by atoms with van der Waals surface area (Å²) in [6.07, 6.45) is 3.87. The Morgan fingerprint density at radius 2 is 2.00 bits per heavy atom. The van der Waals surface area contributed by atoms with E-state index in [1.54, 1.807) is 6.07 Å². The van der Waals surface area contributed by atoms with Crippen LogP contribution in [-0.4, -0.2) is 48.0 Å². The number of nitrogens with one attached hydrogen (secondary N) is 2. The maximum absolute atomic E-state index is 12.5. The second-order valence-electron chi connectivity index (χ2n) is 7.87. The molecule has 0 spiro atoms. The highest BCUT2D eigenvalue weighted by atomic mass is 32.1. The van der Waals surface area contributed by atoms with Gasteiger partial charge in [0.1, 0.15) is 13.2 Å². The highest BCUT2D eigenvalue weighted by Crippen LogP contribution is 2.33. The van der Waals surface area contributed by atoms with Crippen molar-refractivity contribution in [2.75, 3.05) is 36.9 Å². The lowest BCUT2D eigenvalue weighted by atomic mass is 9.85. The highest BCUT2D eigenvalue weighted by Gasteiger charge is 2.27. The van der Waals surface area contributed by atoms with Gasteiger partial charge in [0.2, 0.25) is 11.8 Å². The van der Waals surface area contributed by atoms with Crippen LogP contribution < -0.4 is 20.1 Å². The van der Waals surface area contributed by atoms with Crippen LogP contribution >= 0.6 is 11.3 Å². The van der Waals surface area contributed by atoms with Gasteiger partial charge in [-0.15, -0.1) is 11.3 Å². The Kier molecular flexibility index (Phi) is 5.30. The number of aromatic nitrogens is 1. The third-order valence-electron chi connectivity index (χ3n) is 5.71. The molecule has 2 aliphatic heterocycles. The largest absolute Gasteiger partial charge is 0.486 e. The van der Waals surface area contributed by atoms with E-state index < -0.39 is 0 Å². The highest BCUT2D eigenvalue weighted by molar-refractivity contribution is 7.15. The van der Waals surface area contributed by atoms with Crippen molar-refractivity contribution in [1.29, 1.82) is 0 Å². The predicted octanol–water partition coefficient (Wildman–Crippen LogP) is 2.65. The van der Waals surface area contributed by atoms with Crippen molar-refractivity contribution in [1.82, 2.24) is 9.88 Å². The summed E-state index contributed by atoms with van der Waals surface area (Å²) in [4.78, 5) is 32.5. The van der Waals surface area contributed by atoms with Crippen LogP contribution in [0.4, 0.5) is 10.8 Å². The Hall–Kier alpha value is -2.65. The Bertz CT molecular complexity index is 972. The molecular weight excluding hydrogens is 404 g/mol. The fourth-order valence-corrected chi connectivity index (χ4v) is 4.89. The molecule has 1 saturated carbocycles. The number of thiazole rings is 1. The molecule has 9 heteroatoms. The molecule has 0 bridgehead atoms. The van der Waals surface area contributed by atoms with Crippen LogP contribution in [0.3, 0.4) is 0 Å². The van der Waals surface area contributed by atoms with Gasteiger partial charge < -0.3 is 20.1 Å². The zero-order valence-corrected chi connectivity index (χ0v) is 17.4. The molecule has 0 saturated heterocycles. The third kappa shape index (κ3) is 4.13. The van der Waals surface area contributed by atoms with E-state index in [0.29, 0.717) is 48.6 Å². The van der Waals surface area contributed by atoms with Crippen LogP contribution in [0.25, 0.3) is 0 Å². The summed E-state index contributed by atoms with van der Waals surface area (Å²) in [7, 11) is 0. The molecule has 1 aliphatic carbocycles. The molecule has 0 atom stereocenters. The summed E-state index contributed by atoms with van der Waals surface area (Å²) in [5.74, 6) is 1.52. The molecule has 1 aromatic heterocycles. The Morgan fingerprint density at radius 3 is 2.80 bits per heavy atom. The number of carbonyl (C=O) groups is 2. The minimum atomic E-state index is -0.0712. The number of benzene rings is 1. The quantitative estimate of drug-likeness (QED) is 0.761. The van der Waals surface area contributed by atoms with Gasteiger partial charge in [0, 0.05) is 42.1 Å². The average molecular weight is 429 g/mol. The lowest BCUT2D eigenvalue weighted by Crippen LogP contribution is -2.36. The van der Waals surface area contributed by atoms with Gasteiger partial charge in [-0.1, -0.05) is 6.42 Å². The number of rotatable bonds is 5. The van der Waals surface area contributed by atoms with E-state index in [0.717, 1.165) is 42.8 Å². The van der Waals surface area contributed by atoms with Crippen LogP contribution in [0.5, 0.6) is 11.5 Å². The summed E-state index contributed by atoms with van der Waals surface area (Å²) in [5.41, 5.74) is 1.73. The second kappa shape index (κ2) is 8.23. The molecule has 3 aliphatic rings. The first-order valence-corrected chi connectivity index (χ1v) is 11.2. The van der Waals surface area contributed by atoms with Crippen molar-refractivity contribution in [3.8, 4) is 11.5 Å². The molecule has 0 unspecified atom stereocenters. The van der Waals surface area contributed by atoms with Gasteiger partial charge >= 0.3 is 0 Å². The van der Waals surface area contributed by atoms with Gasteiger partial charge in [-0.2, -0.15) is 0 Å². The first-order chi connectivity index (χ1) is 14.6. The normalized spacial score (nSPS) is 18.3. The molecule has 158 valence electrons. The molecule has 0 radical (unpaired) electrons. The zero-order chi connectivity index (χ0) is 20.5. The van der Waals surface area contributed by atoms with E-state index in [-0.39, 0.29) is 17.7 Å². The Balaban J connectivity index is 1.16. The first kappa shape index (κ1) is 19.3. The summed E-state index contributed by atoms with van der Waals surface area (Å²) in [5, 5.41) is 6.58. The number of hydrogen-bond acceptors (Lipinski definition) is 7. The van der Waals surface area contributed by atoms with Crippen LogP contribution in [0.15, 0.2) is 18.2 Å². The molecule has 1 aromatic carbocycles. The number of anilines is 2. The van der Waals surface area contributed by atoms with Crippen LogP contribution in [0, 0.1) is 5.92 Å². The number of fused-ring (bicyclic) bond motifs is 2. The maximum Gasteiger partial charge on any atom is 0.238 e. The van der Waals surface area contributed by atoms with Crippen molar-refractivity contribution < 1.29 is 19.1 Å². The first-order valence-electron chi connectivity index (χ1n) is 10.4. The van der Waals surface area contributed by atoms with Gasteiger partial charge in [-0.3, -0.25) is 14.5 Å². The lowest BCUT2D eigenvalue weighted by molar-refractivity contribution is -0.122. The Morgan fingerprint density at radius 1 is 1.17 bits per heavy atom. The van der Waals surface area contributed by atoms with Crippen LogP contribution in [0.1, 0.15) is 29.8 Å². The number of amides is 2. The second-order valence-corrected chi connectivity index (χ2v) is 8.96. The van der Waals surface area contributed by atoms with E-state index in [9.17, 15) is 9.59 Å². The summed E-state index contributed by atoms with van der Waals surface area (Å²) in [6.45, 7) is 2.79. The number of nitrogens with zero attached hydrogens (tertiary/aromatic N) is 2. The topological polar surface area (TPSA) is 92.8 Å². The molecule has 8 nitrogen and oxygen atoms in total. The molecule has 3 heterocycles. The summed E-state index contributed by atoms with van der Waals surface area (Å²) < 4.78 is 11.1.